The van der Waals surface area contributed by atoms with Crippen molar-refractivity contribution in [1.82, 2.24) is 14.9 Å². The van der Waals surface area contributed by atoms with Gasteiger partial charge in [0.05, 0.1) is 16.8 Å². The number of likely N-dealkylation sites (tertiary alicyclic amines) is 1. The van der Waals surface area contributed by atoms with Crippen LogP contribution in [0.1, 0.15) is 25.3 Å². The van der Waals surface area contributed by atoms with Gasteiger partial charge in [-0.1, -0.05) is 28.6 Å². The molecule has 1 saturated carbocycles. The number of hydrogen-bond acceptors (Lipinski definition) is 11. The molecule has 2 aromatic heterocycles. The number of aromatic nitrogens is 2. The van der Waals surface area contributed by atoms with E-state index in [1.807, 2.05) is 7.05 Å². The minimum absolute atomic E-state index is 0.0416. The maximum absolute atomic E-state index is 13.2. The monoisotopic (exact) mass is 547 g/mol. The van der Waals surface area contributed by atoms with Crippen molar-refractivity contribution in [2.75, 3.05) is 32.1 Å². The molecular formula is C24H29N5O6S2. The Kier molecular flexibility index (Phi) is 7.34. The van der Waals surface area contributed by atoms with Crippen molar-refractivity contribution in [3.8, 4) is 5.88 Å². The van der Waals surface area contributed by atoms with Gasteiger partial charge in [-0.2, -0.15) is 10.6 Å². The molecule has 37 heavy (non-hydrogen) atoms. The lowest BCUT2D eigenvalue weighted by Crippen LogP contribution is -2.51. The molecule has 1 aliphatic carbocycles. The Morgan fingerprint density at radius 3 is 2.59 bits per heavy atom. The van der Waals surface area contributed by atoms with Crippen LogP contribution in [0.2, 0.25) is 0 Å². The SMILES string of the molecule is C[C@H](CO)O/N=C(/C(=O)Nc1nc2ccc(OC3CN(C)C3)nc2s1)c1ccc(S(O)(O)C2CC2)cc1. The molecule has 1 aliphatic heterocycles. The largest absolute Gasteiger partial charge is 0.472 e. The lowest BCUT2D eigenvalue weighted by molar-refractivity contribution is -0.110. The summed E-state index contributed by atoms with van der Waals surface area (Å²) in [6, 6.07) is 9.92. The van der Waals surface area contributed by atoms with E-state index in [4.69, 9.17) is 9.57 Å². The average Bonchev–Trinajstić information content (AvgIpc) is 3.65. The minimum Gasteiger partial charge on any atom is -0.472 e. The van der Waals surface area contributed by atoms with Gasteiger partial charge in [-0.05, 0) is 45.0 Å². The first-order chi connectivity index (χ1) is 17.7. The molecule has 0 spiro atoms. The Morgan fingerprint density at radius 1 is 1.22 bits per heavy atom. The van der Waals surface area contributed by atoms with Crippen molar-refractivity contribution in [2.24, 2.45) is 5.16 Å². The number of carbonyl (C=O) groups excluding carboxylic acids is 1. The molecule has 11 nitrogen and oxygen atoms in total. The number of aliphatic hydroxyl groups is 1. The third-order valence-corrected chi connectivity index (χ3v) is 9.28. The maximum atomic E-state index is 13.2. The zero-order valence-corrected chi connectivity index (χ0v) is 22.0. The van der Waals surface area contributed by atoms with E-state index < -0.39 is 22.6 Å². The Labute approximate surface area is 219 Å². The number of amides is 1. The van der Waals surface area contributed by atoms with Crippen LogP contribution in [0, 0.1) is 0 Å². The Bertz CT molecular complexity index is 1300. The van der Waals surface area contributed by atoms with E-state index in [2.05, 4.69) is 25.3 Å². The van der Waals surface area contributed by atoms with Gasteiger partial charge in [-0.3, -0.25) is 24.1 Å². The van der Waals surface area contributed by atoms with Crippen LogP contribution in [0.25, 0.3) is 10.3 Å². The van der Waals surface area contributed by atoms with Crippen molar-refractivity contribution in [3.05, 3.63) is 42.0 Å². The van der Waals surface area contributed by atoms with E-state index in [0.29, 0.717) is 31.8 Å². The van der Waals surface area contributed by atoms with E-state index in [0.717, 1.165) is 25.9 Å². The number of fused-ring (bicyclic) bond motifs is 1. The number of rotatable bonds is 10. The molecule has 5 rings (SSSR count). The number of carbonyl (C=O) groups is 1. The molecule has 1 aromatic carbocycles. The molecule has 0 radical (unpaired) electrons. The summed E-state index contributed by atoms with van der Waals surface area (Å²) in [5, 5.41) is 16.2. The van der Waals surface area contributed by atoms with Gasteiger partial charge >= 0.3 is 0 Å². The number of benzene rings is 1. The summed E-state index contributed by atoms with van der Waals surface area (Å²) in [6.07, 6.45) is 1.06. The van der Waals surface area contributed by atoms with Gasteiger partial charge in [0.25, 0.3) is 5.91 Å². The fourth-order valence-corrected chi connectivity index (χ4v) is 6.31. The quantitative estimate of drug-likeness (QED) is 0.221. The molecule has 0 bridgehead atoms. The van der Waals surface area contributed by atoms with Crippen LogP contribution in [0.3, 0.4) is 0 Å². The van der Waals surface area contributed by atoms with Gasteiger partial charge in [0.15, 0.2) is 10.8 Å². The highest BCUT2D eigenvalue weighted by molar-refractivity contribution is 8.25. The first-order valence-electron chi connectivity index (χ1n) is 11.9. The highest BCUT2D eigenvalue weighted by atomic mass is 32.3. The van der Waals surface area contributed by atoms with Crippen LogP contribution in [0.5, 0.6) is 5.88 Å². The van der Waals surface area contributed by atoms with Gasteiger partial charge in [0.2, 0.25) is 5.88 Å². The van der Waals surface area contributed by atoms with Gasteiger partial charge in [0.1, 0.15) is 22.6 Å². The number of pyridine rings is 1. The van der Waals surface area contributed by atoms with E-state index in [-0.39, 0.29) is 23.7 Å². The third-order valence-electron chi connectivity index (χ3n) is 6.03. The number of likely N-dealkylation sites (N-methyl/N-ethyl adjacent to an activating group) is 1. The van der Waals surface area contributed by atoms with Crippen molar-refractivity contribution in [2.45, 2.75) is 42.1 Å². The average molecular weight is 548 g/mol. The topological polar surface area (TPSA) is 150 Å². The minimum atomic E-state index is -2.87. The number of anilines is 1. The zero-order valence-electron chi connectivity index (χ0n) is 20.4. The number of nitrogens with zero attached hydrogens (tertiary/aromatic N) is 4. The summed E-state index contributed by atoms with van der Waals surface area (Å²) in [5.41, 5.74) is 0.995. The van der Waals surface area contributed by atoms with Crippen LogP contribution < -0.4 is 10.1 Å². The molecule has 2 aliphatic rings. The summed E-state index contributed by atoms with van der Waals surface area (Å²) >= 11 is 1.21. The van der Waals surface area contributed by atoms with E-state index in [1.54, 1.807) is 43.3 Å². The first-order valence-corrected chi connectivity index (χ1v) is 14.3. The molecular weight excluding hydrogens is 518 g/mol. The number of ether oxygens (including phenoxy) is 1. The number of thiazole rings is 1. The second-order valence-electron chi connectivity index (χ2n) is 9.26. The van der Waals surface area contributed by atoms with Gasteiger partial charge in [-0.25, -0.2) is 9.97 Å². The van der Waals surface area contributed by atoms with Crippen LogP contribution in [-0.4, -0.2) is 84.9 Å². The Hall–Kier alpha value is -2.81. The highest BCUT2D eigenvalue weighted by Crippen LogP contribution is 2.61. The van der Waals surface area contributed by atoms with E-state index >= 15 is 0 Å². The summed E-state index contributed by atoms with van der Waals surface area (Å²) < 4.78 is 26.9. The van der Waals surface area contributed by atoms with Crippen LogP contribution in [-0.2, 0) is 9.63 Å². The van der Waals surface area contributed by atoms with E-state index in [1.165, 1.54) is 11.3 Å². The molecule has 2 fully saturated rings. The molecule has 3 heterocycles. The number of oxime groups is 1. The fraction of sp³-hybridized carbons (Fsp3) is 0.417. The van der Waals surface area contributed by atoms with Crippen molar-refractivity contribution in [3.63, 3.8) is 0 Å². The standard InChI is InChI=1S/C24H29N5O6S2/c1-14(13-30)35-28-21(15-3-5-17(6-4-15)37(32,33)18-7-8-18)22(31)27-24-25-19-9-10-20(26-23(19)36-24)34-16-11-29(2)12-16/h3-6,9-10,14,16,18,30,32-33H,7-8,11-13H2,1-2H3,(H,25,27,31)/b28-21+/t14-/m1/s1. The number of nitrogens with one attached hydrogen (secondary N) is 1. The summed E-state index contributed by atoms with van der Waals surface area (Å²) in [7, 11) is -0.841. The molecule has 4 N–H and O–H groups in total. The smallest absolute Gasteiger partial charge is 0.280 e. The first kappa shape index (κ1) is 25.8. The van der Waals surface area contributed by atoms with Gasteiger partial charge < -0.3 is 14.7 Å². The Morgan fingerprint density at radius 2 is 1.95 bits per heavy atom. The zero-order chi connectivity index (χ0) is 26.2. The van der Waals surface area contributed by atoms with Crippen LogP contribution in [0.15, 0.2) is 46.4 Å². The molecule has 1 atom stereocenters. The van der Waals surface area contributed by atoms with Gasteiger partial charge in [-0.15, -0.1) is 0 Å². The number of hydrogen-bond donors (Lipinski definition) is 4. The predicted octanol–water partition coefficient (Wildman–Crippen LogP) is 3.40. The van der Waals surface area contributed by atoms with Gasteiger partial charge in [0, 0.05) is 24.7 Å². The highest BCUT2D eigenvalue weighted by Gasteiger charge is 2.37. The normalized spacial score (nSPS) is 18.4. The molecule has 1 amide bonds. The maximum Gasteiger partial charge on any atom is 0.280 e. The second kappa shape index (κ2) is 10.5. The Balaban J connectivity index is 1.34. The molecule has 1 saturated heterocycles. The third kappa shape index (κ3) is 5.87. The van der Waals surface area contributed by atoms with Crippen molar-refractivity contribution in [1.29, 1.82) is 0 Å². The van der Waals surface area contributed by atoms with Crippen molar-refractivity contribution >= 4 is 49.0 Å². The fourth-order valence-electron chi connectivity index (χ4n) is 3.77. The predicted molar refractivity (Wildman–Crippen MR) is 143 cm³/mol. The number of aliphatic hydroxyl groups excluding tert-OH is 1. The lowest BCUT2D eigenvalue weighted by Gasteiger charge is -2.35. The van der Waals surface area contributed by atoms with E-state index in [9.17, 15) is 19.0 Å². The molecule has 0 unspecified atom stereocenters. The van der Waals surface area contributed by atoms with Crippen molar-refractivity contribution < 1.29 is 28.6 Å². The molecule has 198 valence electrons. The summed E-state index contributed by atoms with van der Waals surface area (Å²) in [6.45, 7) is 3.05. The lowest BCUT2D eigenvalue weighted by atomic mass is 10.1. The summed E-state index contributed by atoms with van der Waals surface area (Å²) in [4.78, 5) is 30.7. The second-order valence-corrected chi connectivity index (χ2v) is 12.6. The van der Waals surface area contributed by atoms with Crippen LogP contribution >= 0.6 is 21.9 Å². The van der Waals surface area contributed by atoms with Crippen LogP contribution in [0.4, 0.5) is 5.13 Å². The molecule has 3 aromatic rings. The summed E-state index contributed by atoms with van der Waals surface area (Å²) in [5.74, 6) is -0.0576. The molecule has 13 heteroatoms.